The van der Waals surface area contributed by atoms with Crippen molar-refractivity contribution in [1.29, 1.82) is 0 Å². The molecule has 146 valence electrons. The van der Waals surface area contributed by atoms with Gasteiger partial charge in [-0.3, -0.25) is 4.79 Å². The molecule has 1 N–H and O–H groups in total. The van der Waals surface area contributed by atoms with Gasteiger partial charge in [-0.25, -0.2) is 0 Å². The zero-order valence-corrected chi connectivity index (χ0v) is 17.8. The molecule has 0 heterocycles. The second-order valence-corrected chi connectivity index (χ2v) is 7.94. The van der Waals surface area contributed by atoms with Gasteiger partial charge in [0, 0.05) is 4.90 Å². The standard InChI is InChI=1S/C22H29NO3S/c1-14(2)26-19-10-9-18(12-20(19)25-6)17(5)23-22(24)13-27-21-11-15(3)7-8-16(21)4/h7-12,14,17H,13H2,1-6H3,(H,23,24). The number of methoxy groups -OCH3 is 1. The molecule has 0 aliphatic carbocycles. The number of carbonyl (C=O) groups is 1. The van der Waals surface area contributed by atoms with E-state index in [1.165, 1.54) is 11.1 Å². The van der Waals surface area contributed by atoms with Crippen molar-refractivity contribution in [2.45, 2.75) is 51.7 Å². The molecule has 1 amide bonds. The van der Waals surface area contributed by atoms with Gasteiger partial charge in [-0.1, -0.05) is 23.8 Å². The summed E-state index contributed by atoms with van der Waals surface area (Å²) < 4.78 is 11.2. The first-order valence-electron chi connectivity index (χ1n) is 9.14. The predicted molar refractivity (Wildman–Crippen MR) is 112 cm³/mol. The van der Waals surface area contributed by atoms with Crippen LogP contribution in [0, 0.1) is 13.8 Å². The fourth-order valence-corrected chi connectivity index (χ4v) is 3.61. The summed E-state index contributed by atoms with van der Waals surface area (Å²) in [6.07, 6.45) is 0.0731. The summed E-state index contributed by atoms with van der Waals surface area (Å²) in [5, 5.41) is 3.06. The number of nitrogens with one attached hydrogen (secondary N) is 1. The molecule has 0 aliphatic heterocycles. The number of rotatable bonds is 8. The molecule has 2 aromatic rings. The van der Waals surface area contributed by atoms with Gasteiger partial charge in [0.15, 0.2) is 11.5 Å². The molecule has 1 unspecified atom stereocenters. The Hall–Kier alpha value is -2.14. The first-order valence-corrected chi connectivity index (χ1v) is 10.1. The normalized spacial score (nSPS) is 12.0. The molecule has 2 rings (SSSR count). The van der Waals surface area contributed by atoms with E-state index < -0.39 is 0 Å². The van der Waals surface area contributed by atoms with Gasteiger partial charge in [0.1, 0.15) is 0 Å². The minimum Gasteiger partial charge on any atom is -0.493 e. The number of carbonyl (C=O) groups excluding carboxylic acids is 1. The van der Waals surface area contributed by atoms with Crippen LogP contribution in [0.25, 0.3) is 0 Å². The molecule has 0 spiro atoms. The van der Waals surface area contributed by atoms with Crippen LogP contribution in [0.4, 0.5) is 0 Å². The second-order valence-electron chi connectivity index (χ2n) is 6.92. The number of ether oxygens (including phenoxy) is 2. The maximum Gasteiger partial charge on any atom is 0.230 e. The summed E-state index contributed by atoms with van der Waals surface area (Å²) in [5.74, 6) is 1.78. The van der Waals surface area contributed by atoms with Crippen LogP contribution in [0.2, 0.25) is 0 Å². The summed E-state index contributed by atoms with van der Waals surface area (Å²) in [6.45, 7) is 10.0. The van der Waals surface area contributed by atoms with Crippen molar-refractivity contribution >= 4 is 17.7 Å². The third kappa shape index (κ3) is 6.21. The Morgan fingerprint density at radius 3 is 2.48 bits per heavy atom. The van der Waals surface area contributed by atoms with Gasteiger partial charge in [0.05, 0.1) is 25.0 Å². The topological polar surface area (TPSA) is 47.6 Å². The number of hydrogen-bond acceptors (Lipinski definition) is 4. The summed E-state index contributed by atoms with van der Waals surface area (Å²) in [6, 6.07) is 12.0. The number of thioether (sulfide) groups is 1. The number of amides is 1. The number of aryl methyl sites for hydroxylation is 2. The second kappa shape index (κ2) is 9.70. The number of benzene rings is 2. The van der Waals surface area contributed by atoms with Crippen LogP contribution < -0.4 is 14.8 Å². The molecule has 0 aromatic heterocycles. The largest absolute Gasteiger partial charge is 0.493 e. The Labute approximate surface area is 166 Å². The lowest BCUT2D eigenvalue weighted by atomic mass is 10.1. The minimum atomic E-state index is -0.112. The molecule has 1 atom stereocenters. The molecule has 2 aromatic carbocycles. The quantitative estimate of drug-likeness (QED) is 0.643. The van der Waals surface area contributed by atoms with E-state index in [4.69, 9.17) is 9.47 Å². The van der Waals surface area contributed by atoms with Crippen LogP contribution in [-0.4, -0.2) is 24.9 Å². The first-order chi connectivity index (χ1) is 12.8. The fraction of sp³-hybridized carbons (Fsp3) is 0.409. The Balaban J connectivity index is 1.98. The zero-order chi connectivity index (χ0) is 20.0. The van der Waals surface area contributed by atoms with Gasteiger partial charge in [-0.2, -0.15) is 0 Å². The molecule has 0 saturated heterocycles. The third-order valence-electron chi connectivity index (χ3n) is 4.13. The molecule has 0 aliphatic rings. The van der Waals surface area contributed by atoms with Crippen molar-refractivity contribution in [3.63, 3.8) is 0 Å². The van der Waals surface area contributed by atoms with Crippen LogP contribution >= 0.6 is 11.8 Å². The van der Waals surface area contributed by atoms with E-state index in [1.54, 1.807) is 18.9 Å². The van der Waals surface area contributed by atoms with E-state index in [1.807, 2.05) is 39.0 Å². The summed E-state index contributed by atoms with van der Waals surface area (Å²) in [4.78, 5) is 13.5. The maximum atomic E-state index is 12.4. The molecular formula is C22H29NO3S. The fourth-order valence-electron chi connectivity index (χ4n) is 2.68. The average molecular weight is 388 g/mol. The van der Waals surface area contributed by atoms with E-state index in [2.05, 4.69) is 37.4 Å². The molecule has 4 nitrogen and oxygen atoms in total. The molecule has 0 radical (unpaired) electrons. The Morgan fingerprint density at radius 2 is 1.81 bits per heavy atom. The van der Waals surface area contributed by atoms with Crippen molar-refractivity contribution < 1.29 is 14.3 Å². The monoisotopic (exact) mass is 387 g/mol. The predicted octanol–water partition coefficient (Wildman–Crippen LogP) is 5.07. The van der Waals surface area contributed by atoms with Crippen LogP contribution in [0.1, 0.15) is 43.5 Å². The summed E-state index contributed by atoms with van der Waals surface area (Å²) in [7, 11) is 1.62. The minimum absolute atomic E-state index is 0.00915. The van der Waals surface area contributed by atoms with E-state index in [9.17, 15) is 4.79 Å². The van der Waals surface area contributed by atoms with Crippen molar-refractivity contribution in [3.8, 4) is 11.5 Å². The van der Waals surface area contributed by atoms with Crippen LogP contribution in [0.5, 0.6) is 11.5 Å². The third-order valence-corrected chi connectivity index (χ3v) is 5.29. The van der Waals surface area contributed by atoms with Crippen molar-refractivity contribution in [2.24, 2.45) is 0 Å². The molecule has 27 heavy (non-hydrogen) atoms. The highest BCUT2D eigenvalue weighted by Gasteiger charge is 2.14. The molecule has 0 bridgehead atoms. The van der Waals surface area contributed by atoms with E-state index >= 15 is 0 Å². The van der Waals surface area contributed by atoms with Gasteiger partial charge >= 0.3 is 0 Å². The van der Waals surface area contributed by atoms with Crippen LogP contribution in [-0.2, 0) is 4.79 Å². The van der Waals surface area contributed by atoms with Crippen molar-refractivity contribution in [3.05, 3.63) is 53.1 Å². The van der Waals surface area contributed by atoms with Gasteiger partial charge in [-0.05, 0) is 63.9 Å². The average Bonchev–Trinajstić information content (AvgIpc) is 2.62. The van der Waals surface area contributed by atoms with E-state index in [0.717, 1.165) is 10.5 Å². The maximum absolute atomic E-state index is 12.4. The van der Waals surface area contributed by atoms with Gasteiger partial charge in [-0.15, -0.1) is 11.8 Å². The van der Waals surface area contributed by atoms with E-state index in [-0.39, 0.29) is 18.1 Å². The van der Waals surface area contributed by atoms with Crippen LogP contribution in [0.3, 0.4) is 0 Å². The summed E-state index contributed by atoms with van der Waals surface area (Å²) >= 11 is 1.57. The lowest BCUT2D eigenvalue weighted by Crippen LogP contribution is -2.28. The molecule has 5 heteroatoms. The molecular weight excluding hydrogens is 358 g/mol. The molecule has 0 saturated carbocycles. The van der Waals surface area contributed by atoms with Crippen molar-refractivity contribution in [1.82, 2.24) is 5.32 Å². The molecule has 0 fully saturated rings. The SMILES string of the molecule is COc1cc(C(C)NC(=O)CSc2cc(C)ccc2C)ccc1OC(C)C. The first kappa shape index (κ1) is 21.2. The lowest BCUT2D eigenvalue weighted by Gasteiger charge is -2.18. The smallest absolute Gasteiger partial charge is 0.230 e. The Bertz CT molecular complexity index is 789. The highest BCUT2D eigenvalue weighted by atomic mass is 32.2. The van der Waals surface area contributed by atoms with Gasteiger partial charge in [0.25, 0.3) is 0 Å². The lowest BCUT2D eigenvalue weighted by molar-refractivity contribution is -0.119. The zero-order valence-electron chi connectivity index (χ0n) is 17.0. The van der Waals surface area contributed by atoms with Crippen LogP contribution in [0.15, 0.2) is 41.3 Å². The highest BCUT2D eigenvalue weighted by molar-refractivity contribution is 8.00. The van der Waals surface area contributed by atoms with E-state index in [0.29, 0.717) is 17.3 Å². The number of hydrogen-bond donors (Lipinski definition) is 1. The highest BCUT2D eigenvalue weighted by Crippen LogP contribution is 2.31. The van der Waals surface area contributed by atoms with Crippen molar-refractivity contribution in [2.75, 3.05) is 12.9 Å². The Kier molecular flexibility index (Phi) is 7.60. The van der Waals surface area contributed by atoms with Gasteiger partial charge < -0.3 is 14.8 Å². The van der Waals surface area contributed by atoms with Gasteiger partial charge in [0.2, 0.25) is 5.91 Å². The summed E-state index contributed by atoms with van der Waals surface area (Å²) in [5.41, 5.74) is 3.37. The Morgan fingerprint density at radius 1 is 1.07 bits per heavy atom.